The van der Waals surface area contributed by atoms with Gasteiger partial charge in [0.05, 0.1) is 24.0 Å². The van der Waals surface area contributed by atoms with E-state index in [1.165, 1.54) is 25.7 Å². The zero-order valence-electron chi connectivity index (χ0n) is 11.9. The average Bonchev–Trinajstić information content (AvgIpc) is 2.44. The molecule has 0 atom stereocenters. The molecule has 4 heteroatoms. The predicted octanol–water partition coefficient (Wildman–Crippen LogP) is 4.93. The fourth-order valence-electron chi connectivity index (χ4n) is 2.20. The second-order valence-electron chi connectivity index (χ2n) is 4.97. The van der Waals surface area contributed by atoms with Crippen molar-refractivity contribution in [3.8, 4) is 5.75 Å². The number of nitrogens with two attached hydrogens (primary N) is 1. The Morgan fingerprint density at radius 2 is 2.00 bits per heavy atom. The summed E-state index contributed by atoms with van der Waals surface area (Å²) < 4.78 is 6.90. The van der Waals surface area contributed by atoms with Crippen LogP contribution in [-0.4, -0.2) is 11.6 Å². The number of unbranched alkanes of at least 4 members (excludes halogenated alkanes) is 4. The highest BCUT2D eigenvalue weighted by Crippen LogP contribution is 2.32. The predicted molar refractivity (Wildman–Crippen MR) is 88.1 cm³/mol. The highest BCUT2D eigenvalue weighted by atomic mass is 79.9. The Morgan fingerprint density at radius 1 is 1.20 bits per heavy atom. The van der Waals surface area contributed by atoms with Gasteiger partial charge in [0, 0.05) is 9.86 Å². The molecule has 3 nitrogen and oxygen atoms in total. The number of aromatic nitrogens is 1. The quantitative estimate of drug-likeness (QED) is 0.729. The van der Waals surface area contributed by atoms with Gasteiger partial charge in [-0.1, -0.05) is 48.5 Å². The van der Waals surface area contributed by atoms with Crippen molar-refractivity contribution in [2.45, 2.75) is 39.0 Å². The number of halogens is 1. The topological polar surface area (TPSA) is 48.1 Å². The van der Waals surface area contributed by atoms with Crippen molar-refractivity contribution in [1.82, 2.24) is 4.98 Å². The van der Waals surface area contributed by atoms with Gasteiger partial charge in [-0.05, 0) is 24.6 Å². The van der Waals surface area contributed by atoms with Crippen molar-refractivity contribution in [2.24, 2.45) is 0 Å². The number of hydrogen-bond acceptors (Lipinski definition) is 3. The number of hydrogen-bond donors (Lipinski definition) is 1. The second kappa shape index (κ2) is 7.48. The molecule has 0 amide bonds. The van der Waals surface area contributed by atoms with E-state index in [9.17, 15) is 0 Å². The second-order valence-corrected chi connectivity index (χ2v) is 5.88. The van der Waals surface area contributed by atoms with Gasteiger partial charge < -0.3 is 10.5 Å². The Kier molecular flexibility index (Phi) is 5.65. The van der Waals surface area contributed by atoms with Crippen LogP contribution in [0.1, 0.15) is 39.0 Å². The summed E-state index contributed by atoms with van der Waals surface area (Å²) in [6.07, 6.45) is 7.78. The van der Waals surface area contributed by atoms with Crippen LogP contribution in [0.3, 0.4) is 0 Å². The molecule has 0 aliphatic rings. The molecule has 20 heavy (non-hydrogen) atoms. The molecule has 2 rings (SSSR count). The molecule has 0 spiro atoms. The zero-order valence-corrected chi connectivity index (χ0v) is 13.4. The maximum absolute atomic E-state index is 6.00. The van der Waals surface area contributed by atoms with Crippen LogP contribution < -0.4 is 10.5 Å². The molecule has 0 aliphatic carbocycles. The van der Waals surface area contributed by atoms with Crippen LogP contribution in [0, 0.1) is 0 Å². The number of ether oxygens (including phenoxy) is 1. The summed E-state index contributed by atoms with van der Waals surface area (Å²) in [6, 6.07) is 5.94. The van der Waals surface area contributed by atoms with Crippen LogP contribution in [0.25, 0.3) is 10.9 Å². The molecule has 1 aromatic carbocycles. The van der Waals surface area contributed by atoms with Gasteiger partial charge in [0.1, 0.15) is 0 Å². The van der Waals surface area contributed by atoms with Crippen LogP contribution in [0.5, 0.6) is 5.75 Å². The summed E-state index contributed by atoms with van der Waals surface area (Å²) in [6.45, 7) is 2.93. The summed E-state index contributed by atoms with van der Waals surface area (Å²) in [4.78, 5) is 4.33. The molecule has 2 N–H and O–H groups in total. The van der Waals surface area contributed by atoms with E-state index in [0.29, 0.717) is 12.3 Å². The Balaban J connectivity index is 2.05. The number of rotatable bonds is 7. The van der Waals surface area contributed by atoms with Crippen LogP contribution in [0.4, 0.5) is 5.69 Å². The van der Waals surface area contributed by atoms with Gasteiger partial charge in [0.2, 0.25) is 0 Å². The number of anilines is 1. The van der Waals surface area contributed by atoms with Gasteiger partial charge in [-0.15, -0.1) is 0 Å². The lowest BCUT2D eigenvalue weighted by Gasteiger charge is -2.11. The molecule has 0 aliphatic heterocycles. The van der Waals surface area contributed by atoms with E-state index in [2.05, 4.69) is 27.8 Å². The lowest BCUT2D eigenvalue weighted by molar-refractivity contribution is 0.309. The highest BCUT2D eigenvalue weighted by Gasteiger charge is 2.08. The Morgan fingerprint density at radius 3 is 2.80 bits per heavy atom. The summed E-state index contributed by atoms with van der Waals surface area (Å²) in [5.74, 6) is 0.756. The Hall–Kier alpha value is -1.29. The molecule has 1 aromatic heterocycles. The Labute approximate surface area is 128 Å². The first kappa shape index (κ1) is 15.1. The molecule has 1 heterocycles. The molecule has 108 valence electrons. The highest BCUT2D eigenvalue weighted by molar-refractivity contribution is 9.10. The summed E-state index contributed by atoms with van der Waals surface area (Å²) >= 11 is 3.48. The van der Waals surface area contributed by atoms with Crippen molar-refractivity contribution in [2.75, 3.05) is 12.3 Å². The first-order chi connectivity index (χ1) is 9.72. The molecule has 0 radical (unpaired) electrons. The standard InChI is InChI=1S/C16H21BrN2O/c1-2-3-4-5-6-9-20-16-13-10-12(17)7-8-15(13)19-11-14(16)18/h7-8,10-11H,2-6,9,18H2,1H3. The zero-order chi connectivity index (χ0) is 14.4. The molecular formula is C16H21BrN2O. The first-order valence-electron chi connectivity index (χ1n) is 7.19. The lowest BCUT2D eigenvalue weighted by atomic mass is 10.1. The minimum atomic E-state index is 0.601. The SMILES string of the molecule is CCCCCCCOc1c(N)cnc2ccc(Br)cc12. The van der Waals surface area contributed by atoms with Crippen LogP contribution in [-0.2, 0) is 0 Å². The minimum absolute atomic E-state index is 0.601. The van der Waals surface area contributed by atoms with E-state index in [4.69, 9.17) is 10.5 Å². The summed E-state index contributed by atoms with van der Waals surface area (Å²) in [5, 5.41) is 0.966. The molecule has 0 saturated carbocycles. The fraction of sp³-hybridized carbons (Fsp3) is 0.438. The number of nitrogen functional groups attached to an aromatic ring is 1. The van der Waals surface area contributed by atoms with Crippen LogP contribution >= 0.6 is 15.9 Å². The third-order valence-corrected chi connectivity index (χ3v) is 3.80. The molecule has 0 unspecified atom stereocenters. The monoisotopic (exact) mass is 336 g/mol. The van der Waals surface area contributed by atoms with E-state index in [-0.39, 0.29) is 0 Å². The molecule has 0 fully saturated rings. The molecule has 0 saturated heterocycles. The first-order valence-corrected chi connectivity index (χ1v) is 7.98. The van der Waals surface area contributed by atoms with Gasteiger partial charge >= 0.3 is 0 Å². The number of pyridine rings is 1. The average molecular weight is 337 g/mol. The van der Waals surface area contributed by atoms with Crippen molar-refractivity contribution >= 4 is 32.5 Å². The maximum atomic E-state index is 6.00. The molecule has 0 bridgehead atoms. The van der Waals surface area contributed by atoms with Crippen molar-refractivity contribution in [3.05, 3.63) is 28.9 Å². The maximum Gasteiger partial charge on any atom is 0.153 e. The number of benzene rings is 1. The lowest BCUT2D eigenvalue weighted by Crippen LogP contribution is -2.02. The molecule has 2 aromatic rings. The van der Waals surface area contributed by atoms with Crippen LogP contribution in [0.15, 0.2) is 28.9 Å². The number of fused-ring (bicyclic) bond motifs is 1. The van der Waals surface area contributed by atoms with E-state index < -0.39 is 0 Å². The van der Waals surface area contributed by atoms with Gasteiger partial charge in [0.15, 0.2) is 5.75 Å². The smallest absolute Gasteiger partial charge is 0.153 e. The summed E-state index contributed by atoms with van der Waals surface area (Å²) in [7, 11) is 0. The summed E-state index contributed by atoms with van der Waals surface area (Å²) in [5.41, 5.74) is 7.50. The Bertz CT molecular complexity index is 566. The van der Waals surface area contributed by atoms with Crippen molar-refractivity contribution in [3.63, 3.8) is 0 Å². The molecular weight excluding hydrogens is 316 g/mol. The van der Waals surface area contributed by atoms with Crippen molar-refractivity contribution in [1.29, 1.82) is 0 Å². The van der Waals surface area contributed by atoms with Gasteiger partial charge in [-0.3, -0.25) is 4.98 Å². The third kappa shape index (κ3) is 3.85. The third-order valence-electron chi connectivity index (χ3n) is 3.30. The van der Waals surface area contributed by atoms with Gasteiger partial charge in [0.25, 0.3) is 0 Å². The van der Waals surface area contributed by atoms with Crippen molar-refractivity contribution < 1.29 is 4.74 Å². The van der Waals surface area contributed by atoms with E-state index in [1.807, 2.05) is 18.2 Å². The fourth-order valence-corrected chi connectivity index (χ4v) is 2.56. The minimum Gasteiger partial charge on any atom is -0.491 e. The van der Waals surface area contributed by atoms with Crippen LogP contribution in [0.2, 0.25) is 0 Å². The van der Waals surface area contributed by atoms with E-state index >= 15 is 0 Å². The van der Waals surface area contributed by atoms with E-state index in [0.717, 1.165) is 27.5 Å². The van der Waals surface area contributed by atoms with E-state index in [1.54, 1.807) is 6.20 Å². The normalized spacial score (nSPS) is 10.9. The largest absolute Gasteiger partial charge is 0.491 e. The van der Waals surface area contributed by atoms with Gasteiger partial charge in [-0.2, -0.15) is 0 Å². The van der Waals surface area contributed by atoms with Gasteiger partial charge in [-0.25, -0.2) is 0 Å². The number of nitrogens with zero attached hydrogens (tertiary/aromatic N) is 1.